The maximum atomic E-state index is 2.21. The first kappa shape index (κ1) is 12.7. The van der Waals surface area contributed by atoms with Gasteiger partial charge in [0.2, 0.25) is 0 Å². The third kappa shape index (κ3) is 5.06. The Balaban J connectivity index is 0.00000144. The van der Waals surface area contributed by atoms with E-state index in [1.807, 2.05) is 0 Å². The first-order valence-corrected chi connectivity index (χ1v) is 4.33. The molecule has 0 saturated heterocycles. The molecule has 0 aromatic heterocycles. The Kier molecular flexibility index (Phi) is 4.65. The van der Waals surface area contributed by atoms with E-state index in [1.54, 1.807) is 0 Å². The Morgan fingerprint density at radius 2 is 1.46 bits per heavy atom. The molecule has 13 heavy (non-hydrogen) atoms. The standard InChI is InChI=1S/C11H18N.BrH/c1-10-5-7-11(8-6-10)9-12(2,3)4;/h5-8H,9H2,1-4H3;1H/q+1;/p-1. The van der Waals surface area contributed by atoms with Crippen LogP contribution < -0.4 is 17.0 Å². The lowest BCUT2D eigenvalue weighted by Crippen LogP contribution is -3.00. The van der Waals surface area contributed by atoms with E-state index in [4.69, 9.17) is 0 Å². The van der Waals surface area contributed by atoms with E-state index >= 15 is 0 Å². The molecule has 2 heteroatoms. The summed E-state index contributed by atoms with van der Waals surface area (Å²) in [5.41, 5.74) is 2.74. The van der Waals surface area contributed by atoms with Crippen molar-refractivity contribution in [2.75, 3.05) is 21.1 Å². The van der Waals surface area contributed by atoms with Gasteiger partial charge >= 0.3 is 0 Å². The molecule has 1 aromatic carbocycles. The molecule has 0 radical (unpaired) electrons. The van der Waals surface area contributed by atoms with Crippen molar-refractivity contribution in [3.8, 4) is 0 Å². The number of nitrogens with zero attached hydrogens (tertiary/aromatic N) is 1. The first-order chi connectivity index (χ1) is 5.47. The predicted molar refractivity (Wildman–Crippen MR) is 52.9 cm³/mol. The molecule has 0 N–H and O–H groups in total. The molecule has 0 aliphatic carbocycles. The molecule has 0 fully saturated rings. The van der Waals surface area contributed by atoms with Crippen molar-refractivity contribution >= 4 is 0 Å². The molecule has 1 aromatic rings. The van der Waals surface area contributed by atoms with Crippen molar-refractivity contribution in [3.05, 3.63) is 35.4 Å². The van der Waals surface area contributed by atoms with Crippen molar-refractivity contribution in [1.29, 1.82) is 0 Å². The lowest BCUT2D eigenvalue weighted by Gasteiger charge is -2.23. The second-order valence-corrected chi connectivity index (χ2v) is 4.43. The van der Waals surface area contributed by atoms with Crippen molar-refractivity contribution in [1.82, 2.24) is 0 Å². The zero-order valence-corrected chi connectivity index (χ0v) is 10.4. The van der Waals surface area contributed by atoms with Crippen molar-refractivity contribution in [2.45, 2.75) is 13.5 Å². The number of hydrogen-bond acceptors (Lipinski definition) is 0. The maximum absolute atomic E-state index is 2.21. The third-order valence-corrected chi connectivity index (χ3v) is 1.78. The van der Waals surface area contributed by atoms with Gasteiger partial charge in [-0.3, -0.25) is 0 Å². The molecular formula is C11H18BrN. The van der Waals surface area contributed by atoms with Crippen LogP contribution in [0.4, 0.5) is 0 Å². The smallest absolute Gasteiger partial charge is 0.104 e. The van der Waals surface area contributed by atoms with Crippen LogP contribution in [-0.4, -0.2) is 25.6 Å². The largest absolute Gasteiger partial charge is 1.00 e. The average molecular weight is 244 g/mol. The lowest BCUT2D eigenvalue weighted by atomic mass is 10.1. The Labute approximate surface area is 91.7 Å². The van der Waals surface area contributed by atoms with Crippen LogP contribution in [0.15, 0.2) is 24.3 Å². The fraction of sp³-hybridized carbons (Fsp3) is 0.455. The van der Waals surface area contributed by atoms with E-state index in [-0.39, 0.29) is 17.0 Å². The maximum Gasteiger partial charge on any atom is 0.104 e. The minimum absolute atomic E-state index is 0. The second kappa shape index (κ2) is 4.77. The molecule has 0 amide bonds. The molecule has 0 aliphatic heterocycles. The summed E-state index contributed by atoms with van der Waals surface area (Å²) in [5.74, 6) is 0. The number of hydrogen-bond donors (Lipinski definition) is 0. The molecule has 0 unspecified atom stereocenters. The lowest BCUT2D eigenvalue weighted by molar-refractivity contribution is -0.884. The van der Waals surface area contributed by atoms with Crippen molar-refractivity contribution < 1.29 is 21.5 Å². The van der Waals surface area contributed by atoms with Gasteiger partial charge in [0.05, 0.1) is 21.1 Å². The molecule has 0 bridgehead atoms. The van der Waals surface area contributed by atoms with Gasteiger partial charge in [0.15, 0.2) is 0 Å². The minimum Gasteiger partial charge on any atom is -1.00 e. The van der Waals surface area contributed by atoms with Crippen molar-refractivity contribution in [2.24, 2.45) is 0 Å². The quantitative estimate of drug-likeness (QED) is 0.598. The number of aryl methyl sites for hydroxylation is 1. The van der Waals surface area contributed by atoms with Crippen molar-refractivity contribution in [3.63, 3.8) is 0 Å². The Hall–Kier alpha value is -0.340. The van der Waals surface area contributed by atoms with Gasteiger partial charge < -0.3 is 21.5 Å². The third-order valence-electron chi connectivity index (χ3n) is 1.78. The fourth-order valence-corrected chi connectivity index (χ4v) is 1.24. The molecule has 74 valence electrons. The number of benzene rings is 1. The van der Waals surface area contributed by atoms with Crippen LogP contribution in [0.2, 0.25) is 0 Å². The molecule has 0 atom stereocenters. The number of halogens is 1. The predicted octanol–water partition coefficient (Wildman–Crippen LogP) is -0.795. The van der Waals surface area contributed by atoms with E-state index in [1.165, 1.54) is 11.1 Å². The Bertz CT molecular complexity index is 246. The van der Waals surface area contributed by atoms with E-state index in [2.05, 4.69) is 52.3 Å². The zero-order valence-electron chi connectivity index (χ0n) is 8.84. The normalized spacial score (nSPS) is 10.8. The summed E-state index contributed by atoms with van der Waals surface area (Å²) in [6, 6.07) is 8.76. The van der Waals surface area contributed by atoms with Crippen LogP contribution >= 0.6 is 0 Å². The molecule has 0 heterocycles. The van der Waals surface area contributed by atoms with Gasteiger partial charge in [0.25, 0.3) is 0 Å². The van der Waals surface area contributed by atoms with Crippen LogP contribution in [0.5, 0.6) is 0 Å². The van der Waals surface area contributed by atoms with Gasteiger partial charge in [-0.25, -0.2) is 0 Å². The van der Waals surface area contributed by atoms with Gasteiger partial charge in [0, 0.05) is 5.56 Å². The molecular weight excluding hydrogens is 226 g/mol. The summed E-state index contributed by atoms with van der Waals surface area (Å²) in [5, 5.41) is 0. The highest BCUT2D eigenvalue weighted by atomic mass is 79.9. The summed E-state index contributed by atoms with van der Waals surface area (Å²) in [6.07, 6.45) is 0. The van der Waals surface area contributed by atoms with Crippen LogP contribution in [0, 0.1) is 6.92 Å². The van der Waals surface area contributed by atoms with Gasteiger partial charge in [-0.15, -0.1) is 0 Å². The molecule has 0 aliphatic rings. The highest BCUT2D eigenvalue weighted by Gasteiger charge is 2.07. The summed E-state index contributed by atoms with van der Waals surface area (Å²) < 4.78 is 0.989. The first-order valence-electron chi connectivity index (χ1n) is 4.33. The highest BCUT2D eigenvalue weighted by Crippen LogP contribution is 2.07. The van der Waals surface area contributed by atoms with Gasteiger partial charge in [0.1, 0.15) is 6.54 Å². The summed E-state index contributed by atoms with van der Waals surface area (Å²) in [7, 11) is 6.62. The average Bonchev–Trinajstić information content (AvgIpc) is 1.91. The summed E-state index contributed by atoms with van der Waals surface area (Å²) in [6.45, 7) is 3.22. The highest BCUT2D eigenvalue weighted by molar-refractivity contribution is 5.20. The van der Waals surface area contributed by atoms with E-state index < -0.39 is 0 Å². The van der Waals surface area contributed by atoms with E-state index in [0.29, 0.717) is 0 Å². The number of rotatable bonds is 2. The van der Waals surface area contributed by atoms with Gasteiger partial charge in [-0.1, -0.05) is 29.8 Å². The molecule has 1 nitrogen and oxygen atoms in total. The van der Waals surface area contributed by atoms with Gasteiger partial charge in [-0.2, -0.15) is 0 Å². The Morgan fingerprint density at radius 1 is 1.00 bits per heavy atom. The van der Waals surface area contributed by atoms with Gasteiger partial charge in [-0.05, 0) is 6.92 Å². The molecule has 0 saturated carbocycles. The van der Waals surface area contributed by atoms with Crippen LogP contribution in [0.25, 0.3) is 0 Å². The summed E-state index contributed by atoms with van der Waals surface area (Å²) in [4.78, 5) is 0. The minimum atomic E-state index is 0. The SMILES string of the molecule is Cc1ccc(C[N+](C)(C)C)cc1.[Br-]. The monoisotopic (exact) mass is 243 g/mol. The molecule has 1 rings (SSSR count). The van der Waals surface area contributed by atoms with E-state index in [0.717, 1.165) is 11.0 Å². The molecule has 0 spiro atoms. The van der Waals surface area contributed by atoms with Crippen LogP contribution in [-0.2, 0) is 6.54 Å². The van der Waals surface area contributed by atoms with Crippen LogP contribution in [0.1, 0.15) is 11.1 Å². The second-order valence-electron chi connectivity index (χ2n) is 4.43. The van der Waals surface area contributed by atoms with E-state index in [9.17, 15) is 0 Å². The Morgan fingerprint density at radius 3 is 1.85 bits per heavy atom. The van der Waals surface area contributed by atoms with Crippen LogP contribution in [0.3, 0.4) is 0 Å². The summed E-state index contributed by atoms with van der Waals surface area (Å²) >= 11 is 0. The number of quaternary nitrogens is 1. The zero-order chi connectivity index (χ0) is 9.19. The fourth-order valence-electron chi connectivity index (χ4n) is 1.24. The topological polar surface area (TPSA) is 0 Å².